The summed E-state index contributed by atoms with van der Waals surface area (Å²) in [4.78, 5) is 4.25. The second-order valence-electron chi connectivity index (χ2n) is 5.07. The minimum absolute atomic E-state index is 0.217. The summed E-state index contributed by atoms with van der Waals surface area (Å²) in [6, 6.07) is 4.71. The molecule has 1 N–H and O–H groups in total. The zero-order valence-corrected chi connectivity index (χ0v) is 11.5. The number of rotatable bonds is 5. The Morgan fingerprint density at radius 2 is 2.16 bits per heavy atom. The number of nitrogens with one attached hydrogen (secondary N) is 1. The predicted molar refractivity (Wildman–Crippen MR) is 73.3 cm³/mol. The molecule has 0 bridgehead atoms. The highest BCUT2D eigenvalue weighted by Gasteiger charge is 2.07. The monoisotopic (exact) mass is 262 g/mol. The molecule has 4 nitrogen and oxygen atoms in total. The van der Waals surface area contributed by atoms with Crippen molar-refractivity contribution in [1.82, 2.24) is 14.8 Å². The molecule has 0 atom stereocenters. The van der Waals surface area contributed by atoms with Gasteiger partial charge in [-0.25, -0.2) is 14.1 Å². The minimum Gasteiger partial charge on any atom is -0.378 e. The molecule has 0 unspecified atom stereocenters. The fraction of sp³-hybridized carbons (Fsp3) is 0.429. The molecule has 19 heavy (non-hydrogen) atoms. The third-order valence-electron chi connectivity index (χ3n) is 2.86. The molecule has 102 valence electrons. The van der Waals surface area contributed by atoms with Gasteiger partial charge in [-0.3, -0.25) is 0 Å². The molecule has 2 aromatic rings. The van der Waals surface area contributed by atoms with E-state index in [2.05, 4.69) is 29.2 Å². The topological polar surface area (TPSA) is 42.7 Å². The van der Waals surface area contributed by atoms with E-state index in [4.69, 9.17) is 0 Å². The van der Waals surface area contributed by atoms with E-state index in [1.54, 1.807) is 12.4 Å². The molecular formula is C14H19FN4. The molecule has 0 spiro atoms. The molecule has 0 aliphatic heterocycles. The molecule has 0 aliphatic carbocycles. The fourth-order valence-corrected chi connectivity index (χ4v) is 1.92. The lowest BCUT2D eigenvalue weighted by atomic mass is 10.2. The standard InChI is InChI=1S/C14H19FN4/c1-10(2)8-19-14(17-9-18-19)7-16-13-5-4-12(15)6-11(13)3/h4-6,9-10,16H,7-8H2,1-3H3. The first-order valence-electron chi connectivity index (χ1n) is 6.43. The maximum absolute atomic E-state index is 13.0. The summed E-state index contributed by atoms with van der Waals surface area (Å²) in [5, 5.41) is 7.48. The zero-order chi connectivity index (χ0) is 13.8. The Hall–Kier alpha value is -1.91. The average molecular weight is 262 g/mol. The van der Waals surface area contributed by atoms with Crippen LogP contribution in [0.4, 0.5) is 10.1 Å². The van der Waals surface area contributed by atoms with E-state index in [0.717, 1.165) is 23.6 Å². The number of hydrogen-bond donors (Lipinski definition) is 1. The summed E-state index contributed by atoms with van der Waals surface area (Å²) >= 11 is 0. The van der Waals surface area contributed by atoms with Crippen LogP contribution in [0.1, 0.15) is 25.2 Å². The van der Waals surface area contributed by atoms with E-state index >= 15 is 0 Å². The molecule has 1 aromatic heterocycles. The van der Waals surface area contributed by atoms with Crippen molar-refractivity contribution in [2.45, 2.75) is 33.9 Å². The Labute approximate surface area is 112 Å². The maximum atomic E-state index is 13.0. The Kier molecular flexibility index (Phi) is 4.14. The molecule has 2 rings (SSSR count). The van der Waals surface area contributed by atoms with Crippen molar-refractivity contribution in [2.75, 3.05) is 5.32 Å². The number of halogens is 1. The Balaban J connectivity index is 2.04. The van der Waals surface area contributed by atoms with Gasteiger partial charge >= 0.3 is 0 Å². The van der Waals surface area contributed by atoms with Gasteiger partial charge in [-0.15, -0.1) is 0 Å². The first-order valence-corrected chi connectivity index (χ1v) is 6.43. The highest BCUT2D eigenvalue weighted by atomic mass is 19.1. The largest absolute Gasteiger partial charge is 0.378 e. The van der Waals surface area contributed by atoms with Crippen LogP contribution < -0.4 is 5.32 Å². The van der Waals surface area contributed by atoms with Gasteiger partial charge in [0.2, 0.25) is 0 Å². The summed E-state index contributed by atoms with van der Waals surface area (Å²) in [7, 11) is 0. The van der Waals surface area contributed by atoms with Crippen LogP contribution in [-0.2, 0) is 13.1 Å². The lowest BCUT2D eigenvalue weighted by Gasteiger charge is -2.11. The van der Waals surface area contributed by atoms with Crippen LogP contribution in [0.15, 0.2) is 24.5 Å². The molecule has 0 aliphatic rings. The second-order valence-corrected chi connectivity index (χ2v) is 5.07. The van der Waals surface area contributed by atoms with E-state index in [-0.39, 0.29) is 5.82 Å². The lowest BCUT2D eigenvalue weighted by Crippen LogP contribution is -2.13. The fourth-order valence-electron chi connectivity index (χ4n) is 1.92. The van der Waals surface area contributed by atoms with Gasteiger partial charge in [0.05, 0.1) is 6.54 Å². The highest BCUT2D eigenvalue weighted by Crippen LogP contribution is 2.16. The summed E-state index contributed by atoms with van der Waals surface area (Å²) < 4.78 is 14.9. The van der Waals surface area contributed by atoms with Gasteiger partial charge in [0.15, 0.2) is 0 Å². The van der Waals surface area contributed by atoms with Crippen LogP contribution in [0, 0.1) is 18.7 Å². The van der Waals surface area contributed by atoms with E-state index in [1.807, 2.05) is 11.6 Å². The number of nitrogens with zero attached hydrogens (tertiary/aromatic N) is 3. The molecule has 0 fully saturated rings. The van der Waals surface area contributed by atoms with Crippen LogP contribution in [0.3, 0.4) is 0 Å². The maximum Gasteiger partial charge on any atom is 0.146 e. The lowest BCUT2D eigenvalue weighted by molar-refractivity contribution is 0.468. The molecule has 0 amide bonds. The molecule has 0 saturated heterocycles. The normalized spacial score (nSPS) is 11.0. The summed E-state index contributed by atoms with van der Waals surface area (Å²) in [6.45, 7) is 7.59. The Morgan fingerprint density at radius 1 is 1.37 bits per heavy atom. The van der Waals surface area contributed by atoms with E-state index in [9.17, 15) is 4.39 Å². The van der Waals surface area contributed by atoms with Crippen molar-refractivity contribution in [3.63, 3.8) is 0 Å². The minimum atomic E-state index is -0.217. The van der Waals surface area contributed by atoms with Crippen LogP contribution in [0.2, 0.25) is 0 Å². The number of anilines is 1. The van der Waals surface area contributed by atoms with Crippen molar-refractivity contribution in [1.29, 1.82) is 0 Å². The number of benzene rings is 1. The number of aromatic nitrogens is 3. The van der Waals surface area contributed by atoms with Crippen molar-refractivity contribution < 1.29 is 4.39 Å². The van der Waals surface area contributed by atoms with Gasteiger partial charge in [0, 0.05) is 12.2 Å². The van der Waals surface area contributed by atoms with Crippen molar-refractivity contribution in [2.24, 2.45) is 5.92 Å². The first-order chi connectivity index (χ1) is 9.06. The average Bonchev–Trinajstić information content (AvgIpc) is 2.74. The molecule has 5 heteroatoms. The van der Waals surface area contributed by atoms with Gasteiger partial charge < -0.3 is 5.32 Å². The van der Waals surface area contributed by atoms with Gasteiger partial charge in [-0.2, -0.15) is 5.10 Å². The second kappa shape index (κ2) is 5.82. The highest BCUT2D eigenvalue weighted by molar-refractivity contribution is 5.50. The molecule has 0 saturated carbocycles. The third kappa shape index (κ3) is 3.53. The van der Waals surface area contributed by atoms with E-state index < -0.39 is 0 Å². The third-order valence-corrected chi connectivity index (χ3v) is 2.86. The van der Waals surface area contributed by atoms with Crippen LogP contribution in [0.25, 0.3) is 0 Å². The van der Waals surface area contributed by atoms with E-state index in [0.29, 0.717) is 12.5 Å². The Bertz CT molecular complexity index is 548. The van der Waals surface area contributed by atoms with E-state index in [1.165, 1.54) is 12.1 Å². The zero-order valence-electron chi connectivity index (χ0n) is 11.5. The first kappa shape index (κ1) is 13.5. The van der Waals surface area contributed by atoms with Gasteiger partial charge in [0.25, 0.3) is 0 Å². The SMILES string of the molecule is Cc1cc(F)ccc1NCc1ncnn1CC(C)C. The van der Waals surface area contributed by atoms with Crippen LogP contribution in [-0.4, -0.2) is 14.8 Å². The van der Waals surface area contributed by atoms with Crippen LogP contribution in [0.5, 0.6) is 0 Å². The summed E-state index contributed by atoms with van der Waals surface area (Å²) in [6.07, 6.45) is 1.57. The van der Waals surface area contributed by atoms with Crippen molar-refractivity contribution in [3.05, 3.63) is 41.7 Å². The predicted octanol–water partition coefficient (Wildman–Crippen LogP) is 2.99. The van der Waals surface area contributed by atoms with Crippen molar-refractivity contribution in [3.8, 4) is 0 Å². The molecule has 1 heterocycles. The molecular weight excluding hydrogens is 243 g/mol. The number of hydrogen-bond acceptors (Lipinski definition) is 3. The number of aryl methyl sites for hydroxylation is 1. The quantitative estimate of drug-likeness (QED) is 0.900. The van der Waals surface area contributed by atoms with Gasteiger partial charge in [-0.05, 0) is 36.6 Å². The summed E-state index contributed by atoms with van der Waals surface area (Å²) in [5.41, 5.74) is 1.80. The van der Waals surface area contributed by atoms with Crippen LogP contribution >= 0.6 is 0 Å². The molecule has 1 aromatic carbocycles. The van der Waals surface area contributed by atoms with Crippen molar-refractivity contribution >= 4 is 5.69 Å². The smallest absolute Gasteiger partial charge is 0.146 e. The molecule has 0 radical (unpaired) electrons. The van der Waals surface area contributed by atoms with Gasteiger partial charge in [-0.1, -0.05) is 13.8 Å². The summed E-state index contributed by atoms with van der Waals surface area (Å²) in [5.74, 6) is 1.19. The van der Waals surface area contributed by atoms with Gasteiger partial charge in [0.1, 0.15) is 18.0 Å². The Morgan fingerprint density at radius 3 is 2.84 bits per heavy atom.